The Labute approximate surface area is 151 Å². The highest BCUT2D eigenvalue weighted by atomic mass is 16.3. The molecule has 0 aliphatic carbocycles. The van der Waals surface area contributed by atoms with E-state index in [9.17, 15) is 14.7 Å². The number of carbonyl (C=O) groups is 2. The highest BCUT2D eigenvalue weighted by molar-refractivity contribution is 5.97. The van der Waals surface area contributed by atoms with Crippen molar-refractivity contribution in [3.05, 3.63) is 108 Å². The van der Waals surface area contributed by atoms with Crippen molar-refractivity contribution in [3.63, 3.8) is 0 Å². The lowest BCUT2D eigenvalue weighted by atomic mass is 9.85. The molecule has 0 aliphatic heterocycles. The Balaban J connectivity index is 1.86. The summed E-state index contributed by atoms with van der Waals surface area (Å²) in [6, 6.07) is 25.7. The maximum Gasteiger partial charge on any atom is 0.279 e. The number of rotatable bonds is 4. The van der Waals surface area contributed by atoms with Gasteiger partial charge in [0.2, 0.25) is 0 Å². The number of hydrazine groups is 1. The van der Waals surface area contributed by atoms with E-state index >= 15 is 0 Å². The molecule has 0 atom stereocenters. The monoisotopic (exact) mass is 346 g/mol. The van der Waals surface area contributed by atoms with E-state index in [1.54, 1.807) is 91.0 Å². The molecule has 0 aromatic heterocycles. The van der Waals surface area contributed by atoms with Crippen LogP contribution >= 0.6 is 0 Å². The number of hydrogen-bond donors (Lipinski definition) is 3. The van der Waals surface area contributed by atoms with E-state index in [1.807, 2.05) is 0 Å². The number of carbonyl (C=O) groups excluding carboxylic acids is 2. The first kappa shape index (κ1) is 17.4. The summed E-state index contributed by atoms with van der Waals surface area (Å²) in [5.74, 6) is -1.22. The predicted octanol–water partition coefficient (Wildman–Crippen LogP) is 2.38. The fourth-order valence-corrected chi connectivity index (χ4v) is 2.65. The van der Waals surface area contributed by atoms with Gasteiger partial charge in [0, 0.05) is 5.56 Å². The van der Waals surface area contributed by atoms with Gasteiger partial charge in [-0.2, -0.15) is 0 Å². The fraction of sp³-hybridized carbons (Fsp3) is 0.0476. The second kappa shape index (κ2) is 7.63. The van der Waals surface area contributed by atoms with Crippen LogP contribution in [0.2, 0.25) is 0 Å². The van der Waals surface area contributed by atoms with Gasteiger partial charge in [-0.15, -0.1) is 0 Å². The molecule has 5 nitrogen and oxygen atoms in total. The van der Waals surface area contributed by atoms with Gasteiger partial charge < -0.3 is 5.11 Å². The highest BCUT2D eigenvalue weighted by Gasteiger charge is 2.40. The predicted molar refractivity (Wildman–Crippen MR) is 97.9 cm³/mol. The van der Waals surface area contributed by atoms with Crippen molar-refractivity contribution in [2.75, 3.05) is 0 Å². The van der Waals surface area contributed by atoms with Gasteiger partial charge in [-0.1, -0.05) is 78.9 Å². The first-order chi connectivity index (χ1) is 12.6. The first-order valence-corrected chi connectivity index (χ1v) is 8.11. The zero-order chi connectivity index (χ0) is 18.4. The van der Waals surface area contributed by atoms with Crippen LogP contribution in [0.1, 0.15) is 21.5 Å². The summed E-state index contributed by atoms with van der Waals surface area (Å²) in [5, 5.41) is 11.2. The van der Waals surface area contributed by atoms with Gasteiger partial charge in [0.05, 0.1) is 0 Å². The second-order valence-corrected chi connectivity index (χ2v) is 5.72. The maximum atomic E-state index is 12.8. The third-order valence-corrected chi connectivity index (χ3v) is 4.04. The minimum atomic E-state index is -1.94. The maximum absolute atomic E-state index is 12.8. The lowest BCUT2D eigenvalue weighted by molar-refractivity contribution is -0.137. The van der Waals surface area contributed by atoms with Crippen LogP contribution < -0.4 is 10.9 Å². The van der Waals surface area contributed by atoms with Crippen LogP contribution in [0, 0.1) is 0 Å². The molecule has 0 spiro atoms. The summed E-state index contributed by atoms with van der Waals surface area (Å²) in [6.07, 6.45) is 0. The molecular formula is C21H18N2O3. The third kappa shape index (κ3) is 3.48. The van der Waals surface area contributed by atoms with E-state index in [4.69, 9.17) is 0 Å². The minimum absolute atomic E-state index is 0.399. The molecule has 0 saturated heterocycles. The zero-order valence-electron chi connectivity index (χ0n) is 13.9. The van der Waals surface area contributed by atoms with E-state index in [0.29, 0.717) is 16.7 Å². The van der Waals surface area contributed by atoms with Crippen LogP contribution in [-0.2, 0) is 10.4 Å². The molecule has 26 heavy (non-hydrogen) atoms. The zero-order valence-corrected chi connectivity index (χ0v) is 13.9. The molecular weight excluding hydrogens is 328 g/mol. The Morgan fingerprint density at radius 2 is 1.08 bits per heavy atom. The van der Waals surface area contributed by atoms with Gasteiger partial charge in [0.25, 0.3) is 11.8 Å². The summed E-state index contributed by atoms with van der Waals surface area (Å²) in [5.41, 5.74) is 3.94. The summed E-state index contributed by atoms with van der Waals surface area (Å²) in [6.45, 7) is 0. The van der Waals surface area contributed by atoms with Gasteiger partial charge in [-0.3, -0.25) is 20.4 Å². The van der Waals surface area contributed by atoms with Crippen molar-refractivity contribution in [2.45, 2.75) is 5.60 Å². The van der Waals surface area contributed by atoms with Gasteiger partial charge in [-0.25, -0.2) is 0 Å². The van der Waals surface area contributed by atoms with E-state index < -0.39 is 17.4 Å². The van der Waals surface area contributed by atoms with Gasteiger partial charge >= 0.3 is 0 Å². The lowest BCUT2D eigenvalue weighted by Gasteiger charge is -2.28. The average Bonchev–Trinajstić information content (AvgIpc) is 2.73. The molecule has 3 aromatic carbocycles. The van der Waals surface area contributed by atoms with Crippen LogP contribution in [0.15, 0.2) is 91.0 Å². The first-order valence-electron chi connectivity index (χ1n) is 8.11. The SMILES string of the molecule is O=C(NNC(=O)C(O)(c1ccccc1)c1ccccc1)c1ccccc1. The number of benzene rings is 3. The molecule has 0 saturated carbocycles. The Morgan fingerprint density at radius 1 is 0.654 bits per heavy atom. The number of nitrogens with one attached hydrogen (secondary N) is 2. The van der Waals surface area contributed by atoms with Crippen LogP contribution in [0.5, 0.6) is 0 Å². The Bertz CT molecular complexity index is 841. The van der Waals surface area contributed by atoms with E-state index in [2.05, 4.69) is 10.9 Å². The fourth-order valence-electron chi connectivity index (χ4n) is 2.65. The Kier molecular flexibility index (Phi) is 5.10. The topological polar surface area (TPSA) is 78.4 Å². The molecule has 0 unspecified atom stereocenters. The van der Waals surface area contributed by atoms with Crippen LogP contribution in [0.25, 0.3) is 0 Å². The molecule has 130 valence electrons. The summed E-state index contributed by atoms with van der Waals surface area (Å²) < 4.78 is 0. The summed E-state index contributed by atoms with van der Waals surface area (Å²) >= 11 is 0. The molecule has 0 radical (unpaired) electrons. The Hall–Kier alpha value is -3.44. The summed E-state index contributed by atoms with van der Waals surface area (Å²) in [4.78, 5) is 25.0. The molecule has 5 heteroatoms. The number of aliphatic hydroxyl groups is 1. The lowest BCUT2D eigenvalue weighted by Crippen LogP contribution is -2.52. The molecule has 3 N–H and O–H groups in total. The van der Waals surface area contributed by atoms with Crippen molar-refractivity contribution < 1.29 is 14.7 Å². The van der Waals surface area contributed by atoms with Crippen LogP contribution in [-0.4, -0.2) is 16.9 Å². The molecule has 3 rings (SSSR count). The Morgan fingerprint density at radius 3 is 1.54 bits per heavy atom. The second-order valence-electron chi connectivity index (χ2n) is 5.72. The molecule has 2 amide bonds. The largest absolute Gasteiger partial charge is 0.372 e. The molecule has 0 aliphatic rings. The molecule has 0 heterocycles. The van der Waals surface area contributed by atoms with Crippen molar-refractivity contribution in [2.24, 2.45) is 0 Å². The van der Waals surface area contributed by atoms with Crippen molar-refractivity contribution in [3.8, 4) is 0 Å². The van der Waals surface area contributed by atoms with E-state index in [-0.39, 0.29) is 0 Å². The van der Waals surface area contributed by atoms with Crippen molar-refractivity contribution in [1.82, 2.24) is 10.9 Å². The van der Waals surface area contributed by atoms with E-state index in [0.717, 1.165) is 0 Å². The number of amides is 2. The smallest absolute Gasteiger partial charge is 0.279 e. The van der Waals surface area contributed by atoms with Gasteiger partial charge in [0.1, 0.15) is 0 Å². The summed E-state index contributed by atoms with van der Waals surface area (Å²) in [7, 11) is 0. The third-order valence-electron chi connectivity index (χ3n) is 4.04. The standard InChI is InChI=1S/C21H18N2O3/c24-19(16-10-4-1-5-11-16)22-23-20(25)21(26,17-12-6-2-7-13-17)18-14-8-3-9-15-18/h1-15,26H,(H,22,24)(H,23,25). The molecule has 3 aromatic rings. The quantitative estimate of drug-likeness (QED) is 0.635. The number of hydrogen-bond acceptors (Lipinski definition) is 3. The van der Waals surface area contributed by atoms with Gasteiger partial charge in [0.15, 0.2) is 5.60 Å². The molecule has 0 bridgehead atoms. The van der Waals surface area contributed by atoms with Crippen LogP contribution in [0.4, 0.5) is 0 Å². The van der Waals surface area contributed by atoms with Crippen LogP contribution in [0.3, 0.4) is 0 Å². The highest BCUT2D eigenvalue weighted by Crippen LogP contribution is 2.29. The van der Waals surface area contributed by atoms with E-state index in [1.165, 1.54) is 0 Å². The van der Waals surface area contributed by atoms with Crippen molar-refractivity contribution in [1.29, 1.82) is 0 Å². The normalized spacial score (nSPS) is 10.8. The van der Waals surface area contributed by atoms with Gasteiger partial charge in [-0.05, 0) is 23.3 Å². The molecule has 0 fully saturated rings. The van der Waals surface area contributed by atoms with Crippen molar-refractivity contribution >= 4 is 11.8 Å². The average molecular weight is 346 g/mol. The minimum Gasteiger partial charge on any atom is -0.372 e.